The summed E-state index contributed by atoms with van der Waals surface area (Å²) < 4.78 is 5.72. The van der Waals surface area contributed by atoms with Crippen molar-refractivity contribution in [3.63, 3.8) is 0 Å². The van der Waals surface area contributed by atoms with Crippen LogP contribution < -0.4 is 4.74 Å². The number of aromatic amines is 1. The minimum Gasteiger partial charge on any atom is -0.423 e. The van der Waals surface area contributed by atoms with Crippen molar-refractivity contribution in [1.29, 1.82) is 0 Å². The number of fused-ring (bicyclic) bond motifs is 1. The standard InChI is InChI=1S/C18H17ClN2O2/c1-18(2,3)17(22)23-16-13-9-12(19)6-7-14(13)21-15(16)11-5-4-8-20-10-11/h4-10,21H,1-3H3. The maximum Gasteiger partial charge on any atom is 0.316 e. The Labute approximate surface area is 139 Å². The highest BCUT2D eigenvalue weighted by Crippen LogP contribution is 2.39. The summed E-state index contributed by atoms with van der Waals surface area (Å²) in [5.41, 5.74) is 1.81. The fraction of sp³-hybridized carbons (Fsp3) is 0.222. The van der Waals surface area contributed by atoms with Crippen molar-refractivity contribution in [3.8, 4) is 17.0 Å². The highest BCUT2D eigenvalue weighted by atomic mass is 35.5. The first-order valence-corrected chi connectivity index (χ1v) is 7.68. The number of hydrogen-bond donors (Lipinski definition) is 1. The van der Waals surface area contributed by atoms with Crippen LogP contribution in [0.5, 0.6) is 5.75 Å². The van der Waals surface area contributed by atoms with Gasteiger partial charge in [0.05, 0.1) is 11.1 Å². The molecule has 1 N–H and O–H groups in total. The van der Waals surface area contributed by atoms with Gasteiger partial charge in [0.15, 0.2) is 5.75 Å². The van der Waals surface area contributed by atoms with Crippen molar-refractivity contribution < 1.29 is 9.53 Å². The second-order valence-electron chi connectivity index (χ2n) is 6.40. The zero-order chi connectivity index (χ0) is 16.6. The van der Waals surface area contributed by atoms with Gasteiger partial charge in [-0.2, -0.15) is 0 Å². The minimum atomic E-state index is -0.603. The summed E-state index contributed by atoms with van der Waals surface area (Å²) in [6, 6.07) is 9.20. The summed E-state index contributed by atoms with van der Waals surface area (Å²) in [6.45, 7) is 5.46. The Kier molecular flexibility index (Phi) is 3.86. The number of nitrogens with zero attached hydrogens (tertiary/aromatic N) is 1. The lowest BCUT2D eigenvalue weighted by molar-refractivity contribution is -0.142. The van der Waals surface area contributed by atoms with Gasteiger partial charge in [-0.05, 0) is 51.1 Å². The molecule has 23 heavy (non-hydrogen) atoms. The van der Waals surface area contributed by atoms with Crippen LogP contribution in [-0.2, 0) is 4.79 Å². The van der Waals surface area contributed by atoms with E-state index in [0.29, 0.717) is 16.5 Å². The van der Waals surface area contributed by atoms with Gasteiger partial charge in [-0.1, -0.05) is 11.6 Å². The molecule has 4 nitrogen and oxygen atoms in total. The minimum absolute atomic E-state index is 0.302. The molecule has 0 bridgehead atoms. The molecule has 2 aromatic heterocycles. The summed E-state index contributed by atoms with van der Waals surface area (Å²) in [4.78, 5) is 19.8. The molecule has 5 heteroatoms. The molecule has 0 unspecified atom stereocenters. The van der Waals surface area contributed by atoms with E-state index in [1.807, 2.05) is 39.0 Å². The zero-order valence-electron chi connectivity index (χ0n) is 13.2. The third-order valence-corrected chi connectivity index (χ3v) is 3.71. The molecule has 0 saturated heterocycles. The Morgan fingerprint density at radius 3 is 2.70 bits per heavy atom. The SMILES string of the molecule is CC(C)(C)C(=O)Oc1c(-c2cccnc2)[nH]c2ccc(Cl)cc12. The lowest BCUT2D eigenvalue weighted by Gasteiger charge is -2.16. The molecule has 0 fully saturated rings. The molecule has 0 spiro atoms. The number of aromatic nitrogens is 2. The average molecular weight is 329 g/mol. The van der Waals surface area contributed by atoms with Gasteiger partial charge in [0, 0.05) is 33.9 Å². The number of rotatable bonds is 2. The van der Waals surface area contributed by atoms with Crippen LogP contribution in [0.25, 0.3) is 22.2 Å². The van der Waals surface area contributed by atoms with Gasteiger partial charge in [-0.15, -0.1) is 0 Å². The van der Waals surface area contributed by atoms with Gasteiger partial charge in [-0.3, -0.25) is 9.78 Å². The molecule has 0 radical (unpaired) electrons. The van der Waals surface area contributed by atoms with Crippen molar-refractivity contribution in [2.75, 3.05) is 0 Å². The van der Waals surface area contributed by atoms with Gasteiger partial charge in [-0.25, -0.2) is 0 Å². The van der Waals surface area contributed by atoms with Gasteiger partial charge < -0.3 is 9.72 Å². The summed E-state index contributed by atoms with van der Waals surface area (Å²) in [5.74, 6) is 0.180. The van der Waals surface area contributed by atoms with Crippen LogP contribution >= 0.6 is 11.6 Å². The summed E-state index contributed by atoms with van der Waals surface area (Å²) in [7, 11) is 0. The smallest absolute Gasteiger partial charge is 0.316 e. The van der Waals surface area contributed by atoms with Crippen LogP contribution in [-0.4, -0.2) is 15.9 Å². The van der Waals surface area contributed by atoms with Gasteiger partial charge in [0.25, 0.3) is 0 Å². The van der Waals surface area contributed by atoms with Crippen molar-refractivity contribution in [2.24, 2.45) is 5.41 Å². The Hall–Kier alpha value is -2.33. The van der Waals surface area contributed by atoms with Crippen LogP contribution in [0.1, 0.15) is 20.8 Å². The molecule has 0 aliphatic heterocycles. The first kappa shape index (κ1) is 15.6. The summed E-state index contributed by atoms with van der Waals surface area (Å²) in [5, 5.41) is 1.36. The molecular weight excluding hydrogens is 312 g/mol. The normalized spacial score (nSPS) is 11.7. The van der Waals surface area contributed by atoms with Crippen LogP contribution in [0, 0.1) is 5.41 Å². The number of esters is 1. The second kappa shape index (κ2) is 5.70. The monoisotopic (exact) mass is 328 g/mol. The van der Waals surface area contributed by atoms with E-state index in [1.165, 1.54) is 0 Å². The van der Waals surface area contributed by atoms with Gasteiger partial charge in [0.1, 0.15) is 0 Å². The van der Waals surface area contributed by atoms with Gasteiger partial charge >= 0.3 is 5.97 Å². The molecule has 0 amide bonds. The van der Waals surface area contributed by atoms with Crippen molar-refractivity contribution >= 4 is 28.5 Å². The molecule has 118 valence electrons. The Morgan fingerprint density at radius 1 is 1.26 bits per heavy atom. The van der Waals surface area contributed by atoms with Crippen molar-refractivity contribution in [2.45, 2.75) is 20.8 Å². The number of hydrogen-bond acceptors (Lipinski definition) is 3. The van der Waals surface area contributed by atoms with Crippen LogP contribution in [0.2, 0.25) is 5.02 Å². The number of carbonyl (C=O) groups excluding carboxylic acids is 1. The second-order valence-corrected chi connectivity index (χ2v) is 6.84. The molecular formula is C18H17ClN2O2. The maximum atomic E-state index is 12.4. The predicted octanol–water partition coefficient (Wildman–Crippen LogP) is 4.83. The lowest BCUT2D eigenvalue weighted by Crippen LogP contribution is -2.25. The number of pyridine rings is 1. The fourth-order valence-electron chi connectivity index (χ4n) is 2.21. The Bertz CT molecular complexity index is 864. The van der Waals surface area contributed by atoms with Gasteiger partial charge in [0.2, 0.25) is 0 Å². The highest BCUT2D eigenvalue weighted by molar-refractivity contribution is 6.31. The summed E-state index contributed by atoms with van der Waals surface area (Å²) in [6.07, 6.45) is 3.42. The number of nitrogens with one attached hydrogen (secondary N) is 1. The van der Waals surface area contributed by atoms with Crippen LogP contribution in [0.15, 0.2) is 42.7 Å². The Balaban J connectivity index is 2.19. The highest BCUT2D eigenvalue weighted by Gasteiger charge is 2.27. The first-order chi connectivity index (χ1) is 10.9. The van der Waals surface area contributed by atoms with E-state index < -0.39 is 5.41 Å². The van der Waals surface area contributed by atoms with E-state index in [4.69, 9.17) is 16.3 Å². The fourth-order valence-corrected chi connectivity index (χ4v) is 2.38. The third kappa shape index (κ3) is 3.08. The van der Waals surface area contributed by atoms with E-state index in [0.717, 1.165) is 16.5 Å². The van der Waals surface area contributed by atoms with E-state index in [-0.39, 0.29) is 5.97 Å². The molecule has 3 rings (SSSR count). The topological polar surface area (TPSA) is 55.0 Å². The number of halogens is 1. The van der Waals surface area contributed by atoms with E-state index >= 15 is 0 Å². The molecule has 1 aromatic carbocycles. The molecule has 3 aromatic rings. The van der Waals surface area contributed by atoms with E-state index in [1.54, 1.807) is 24.5 Å². The molecule has 0 saturated carbocycles. The number of carbonyl (C=O) groups is 1. The lowest BCUT2D eigenvalue weighted by atomic mass is 9.97. The molecule has 0 atom stereocenters. The molecule has 0 aliphatic rings. The van der Waals surface area contributed by atoms with E-state index in [9.17, 15) is 4.79 Å². The molecule has 0 aliphatic carbocycles. The third-order valence-electron chi connectivity index (χ3n) is 3.47. The predicted molar refractivity (Wildman–Crippen MR) is 91.6 cm³/mol. The quantitative estimate of drug-likeness (QED) is 0.685. The number of H-pyrrole nitrogens is 1. The van der Waals surface area contributed by atoms with Crippen LogP contribution in [0.4, 0.5) is 0 Å². The number of ether oxygens (including phenoxy) is 1. The van der Waals surface area contributed by atoms with Crippen molar-refractivity contribution in [3.05, 3.63) is 47.7 Å². The average Bonchev–Trinajstić information content (AvgIpc) is 2.85. The zero-order valence-corrected chi connectivity index (χ0v) is 13.9. The van der Waals surface area contributed by atoms with Crippen molar-refractivity contribution in [1.82, 2.24) is 9.97 Å². The van der Waals surface area contributed by atoms with Crippen LogP contribution in [0.3, 0.4) is 0 Å². The van der Waals surface area contributed by atoms with E-state index in [2.05, 4.69) is 9.97 Å². The largest absolute Gasteiger partial charge is 0.423 e. The first-order valence-electron chi connectivity index (χ1n) is 7.30. The Morgan fingerprint density at radius 2 is 2.04 bits per heavy atom. The number of benzene rings is 1. The molecule has 2 heterocycles. The summed E-state index contributed by atoms with van der Waals surface area (Å²) >= 11 is 6.11. The maximum absolute atomic E-state index is 12.4.